The number of anilines is 1. The first-order valence-corrected chi connectivity index (χ1v) is 6.40. The fourth-order valence-electron chi connectivity index (χ4n) is 2.31. The molecule has 3 N–H and O–H groups in total. The molecular formula is C16H16N2O2. The summed E-state index contributed by atoms with van der Waals surface area (Å²) in [6, 6.07) is 14.7. The fourth-order valence-corrected chi connectivity index (χ4v) is 2.31. The van der Waals surface area contributed by atoms with Gasteiger partial charge in [0.15, 0.2) is 0 Å². The van der Waals surface area contributed by atoms with Gasteiger partial charge in [0.2, 0.25) is 0 Å². The zero-order valence-corrected chi connectivity index (χ0v) is 11.2. The highest BCUT2D eigenvalue weighted by Gasteiger charge is 2.08. The van der Waals surface area contributed by atoms with Crippen LogP contribution in [0.3, 0.4) is 0 Å². The summed E-state index contributed by atoms with van der Waals surface area (Å²) in [7, 11) is 1.99. The van der Waals surface area contributed by atoms with Gasteiger partial charge in [-0.25, -0.2) is 0 Å². The molecule has 0 saturated heterocycles. The number of fused-ring (bicyclic) bond motifs is 1. The first-order valence-electron chi connectivity index (χ1n) is 6.40. The van der Waals surface area contributed by atoms with Gasteiger partial charge in [0, 0.05) is 24.2 Å². The molecule has 0 radical (unpaired) electrons. The van der Waals surface area contributed by atoms with Crippen molar-refractivity contribution in [3.8, 4) is 11.5 Å². The van der Waals surface area contributed by atoms with Crippen molar-refractivity contribution >= 4 is 16.6 Å². The molecule has 0 spiro atoms. The maximum Gasteiger partial charge on any atom is 0.128 e. The van der Waals surface area contributed by atoms with E-state index in [4.69, 9.17) is 10.5 Å². The van der Waals surface area contributed by atoms with Crippen LogP contribution in [0.5, 0.6) is 11.5 Å². The molecule has 1 heterocycles. The van der Waals surface area contributed by atoms with Crippen LogP contribution in [0.1, 0.15) is 5.69 Å². The summed E-state index contributed by atoms with van der Waals surface area (Å²) < 4.78 is 7.77. The van der Waals surface area contributed by atoms with Gasteiger partial charge >= 0.3 is 0 Å². The summed E-state index contributed by atoms with van der Waals surface area (Å²) in [6.07, 6.45) is 0. The van der Waals surface area contributed by atoms with Crippen molar-refractivity contribution < 1.29 is 9.84 Å². The lowest BCUT2D eigenvalue weighted by Crippen LogP contribution is -2.01. The molecule has 20 heavy (non-hydrogen) atoms. The van der Waals surface area contributed by atoms with E-state index in [0.717, 1.165) is 22.3 Å². The van der Waals surface area contributed by atoms with Crippen molar-refractivity contribution in [3.63, 3.8) is 0 Å². The molecule has 0 unspecified atom stereocenters. The molecule has 0 amide bonds. The van der Waals surface area contributed by atoms with Crippen molar-refractivity contribution in [2.45, 2.75) is 6.61 Å². The molecule has 4 heteroatoms. The fraction of sp³-hybridized carbons (Fsp3) is 0.125. The number of phenols is 1. The normalized spacial score (nSPS) is 10.8. The minimum atomic E-state index is 0.198. The summed E-state index contributed by atoms with van der Waals surface area (Å²) >= 11 is 0. The number of nitrogen functional groups attached to an aromatic ring is 1. The van der Waals surface area contributed by atoms with E-state index in [9.17, 15) is 5.11 Å². The highest BCUT2D eigenvalue weighted by molar-refractivity contribution is 5.92. The Morgan fingerprint density at radius 3 is 2.70 bits per heavy atom. The summed E-state index contributed by atoms with van der Waals surface area (Å²) in [5, 5.41) is 10.4. The number of ether oxygens (including phenoxy) is 1. The maximum absolute atomic E-state index is 9.41. The topological polar surface area (TPSA) is 60.4 Å². The standard InChI is InChI=1S/C16H16N2O2/c1-18-11(8-14-15(17)6-3-7-16(14)18)10-20-13-5-2-4-12(19)9-13/h2-9,19H,10,17H2,1H3. The third kappa shape index (κ3) is 2.16. The number of aromatic nitrogens is 1. The Kier molecular flexibility index (Phi) is 2.99. The van der Waals surface area contributed by atoms with Crippen molar-refractivity contribution in [1.29, 1.82) is 0 Å². The molecule has 0 aliphatic rings. The number of hydrogen-bond donors (Lipinski definition) is 2. The number of aryl methyl sites for hydroxylation is 1. The summed E-state index contributed by atoms with van der Waals surface area (Å²) in [6.45, 7) is 0.425. The van der Waals surface area contributed by atoms with E-state index in [1.807, 2.05) is 37.4 Å². The molecule has 4 nitrogen and oxygen atoms in total. The molecule has 0 atom stereocenters. The molecule has 2 aromatic carbocycles. The summed E-state index contributed by atoms with van der Waals surface area (Å²) in [4.78, 5) is 0. The quantitative estimate of drug-likeness (QED) is 0.718. The number of phenolic OH excluding ortho intramolecular Hbond substituents is 1. The second-order valence-electron chi connectivity index (χ2n) is 4.76. The minimum Gasteiger partial charge on any atom is -0.508 e. The molecule has 0 aliphatic heterocycles. The Balaban J connectivity index is 1.88. The van der Waals surface area contributed by atoms with Crippen molar-refractivity contribution in [2.24, 2.45) is 7.05 Å². The van der Waals surface area contributed by atoms with Crippen LogP contribution in [0.4, 0.5) is 5.69 Å². The average Bonchev–Trinajstić information content (AvgIpc) is 2.75. The van der Waals surface area contributed by atoms with Crippen LogP contribution in [0.15, 0.2) is 48.5 Å². The lowest BCUT2D eigenvalue weighted by atomic mass is 10.2. The number of benzene rings is 2. The molecule has 0 bridgehead atoms. The van der Waals surface area contributed by atoms with E-state index >= 15 is 0 Å². The highest BCUT2D eigenvalue weighted by Crippen LogP contribution is 2.25. The van der Waals surface area contributed by atoms with Gasteiger partial charge in [-0.3, -0.25) is 0 Å². The second kappa shape index (κ2) is 4.81. The predicted octanol–water partition coefficient (Wildman–Crippen LogP) is 3.05. The molecule has 0 fully saturated rings. The van der Waals surface area contributed by atoms with Crippen molar-refractivity contribution in [1.82, 2.24) is 4.57 Å². The van der Waals surface area contributed by atoms with Crippen LogP contribution < -0.4 is 10.5 Å². The van der Waals surface area contributed by atoms with Gasteiger partial charge in [-0.1, -0.05) is 12.1 Å². The molecule has 0 aliphatic carbocycles. The SMILES string of the molecule is Cn1c(COc2cccc(O)c2)cc2c(N)cccc21. The van der Waals surface area contributed by atoms with Gasteiger partial charge < -0.3 is 20.1 Å². The lowest BCUT2D eigenvalue weighted by molar-refractivity contribution is 0.296. The van der Waals surface area contributed by atoms with E-state index in [0.29, 0.717) is 12.4 Å². The third-order valence-electron chi connectivity index (χ3n) is 3.42. The maximum atomic E-state index is 9.41. The Hall–Kier alpha value is -2.62. The summed E-state index contributed by atoms with van der Waals surface area (Å²) in [5.41, 5.74) is 8.86. The van der Waals surface area contributed by atoms with Crippen molar-refractivity contribution in [2.75, 3.05) is 5.73 Å². The molecule has 102 valence electrons. The van der Waals surface area contributed by atoms with Gasteiger partial charge in [-0.05, 0) is 30.3 Å². The number of rotatable bonds is 3. The third-order valence-corrected chi connectivity index (χ3v) is 3.42. The smallest absolute Gasteiger partial charge is 0.128 e. The lowest BCUT2D eigenvalue weighted by Gasteiger charge is -2.07. The van der Waals surface area contributed by atoms with E-state index < -0.39 is 0 Å². The predicted molar refractivity (Wildman–Crippen MR) is 79.8 cm³/mol. The zero-order chi connectivity index (χ0) is 14.1. The van der Waals surface area contributed by atoms with E-state index in [2.05, 4.69) is 4.57 Å². The molecule has 3 rings (SSSR count). The van der Waals surface area contributed by atoms with Crippen LogP contribution in [-0.4, -0.2) is 9.67 Å². The van der Waals surface area contributed by atoms with Crippen LogP contribution in [0, 0.1) is 0 Å². The van der Waals surface area contributed by atoms with Crippen LogP contribution in [0.2, 0.25) is 0 Å². The van der Waals surface area contributed by atoms with Gasteiger partial charge in [0.1, 0.15) is 18.1 Å². The van der Waals surface area contributed by atoms with Gasteiger partial charge in [0.25, 0.3) is 0 Å². The number of nitrogens with two attached hydrogens (primary N) is 1. The van der Waals surface area contributed by atoms with Crippen LogP contribution >= 0.6 is 0 Å². The molecular weight excluding hydrogens is 252 g/mol. The Labute approximate surface area is 117 Å². The first-order chi connectivity index (χ1) is 9.65. The number of aromatic hydroxyl groups is 1. The average molecular weight is 268 g/mol. The van der Waals surface area contributed by atoms with Gasteiger partial charge in [-0.15, -0.1) is 0 Å². The first kappa shape index (κ1) is 12.4. The van der Waals surface area contributed by atoms with E-state index in [-0.39, 0.29) is 5.75 Å². The largest absolute Gasteiger partial charge is 0.508 e. The minimum absolute atomic E-state index is 0.198. The van der Waals surface area contributed by atoms with Crippen LogP contribution in [-0.2, 0) is 13.7 Å². The molecule has 1 aromatic heterocycles. The van der Waals surface area contributed by atoms with Crippen molar-refractivity contribution in [3.05, 3.63) is 54.2 Å². The van der Waals surface area contributed by atoms with E-state index in [1.54, 1.807) is 18.2 Å². The van der Waals surface area contributed by atoms with Crippen LogP contribution in [0.25, 0.3) is 10.9 Å². The molecule has 3 aromatic rings. The Bertz CT molecular complexity index is 762. The Morgan fingerprint density at radius 1 is 1.15 bits per heavy atom. The number of nitrogens with zero attached hydrogens (tertiary/aromatic N) is 1. The monoisotopic (exact) mass is 268 g/mol. The Morgan fingerprint density at radius 2 is 1.95 bits per heavy atom. The second-order valence-corrected chi connectivity index (χ2v) is 4.76. The zero-order valence-electron chi connectivity index (χ0n) is 11.2. The van der Waals surface area contributed by atoms with Gasteiger partial charge in [-0.2, -0.15) is 0 Å². The molecule has 0 saturated carbocycles. The van der Waals surface area contributed by atoms with Gasteiger partial charge in [0.05, 0.1) is 11.2 Å². The van der Waals surface area contributed by atoms with E-state index in [1.165, 1.54) is 0 Å². The number of hydrogen-bond acceptors (Lipinski definition) is 3. The summed E-state index contributed by atoms with van der Waals surface area (Å²) in [5.74, 6) is 0.840. The highest BCUT2D eigenvalue weighted by atomic mass is 16.5.